The molecule has 1 amide bonds. The summed E-state index contributed by atoms with van der Waals surface area (Å²) in [5.74, 6) is 0.869. The number of amides is 1. The van der Waals surface area contributed by atoms with Crippen molar-refractivity contribution in [1.82, 2.24) is 4.90 Å². The lowest BCUT2D eigenvalue weighted by Gasteiger charge is -2.37. The summed E-state index contributed by atoms with van der Waals surface area (Å²) in [5.41, 5.74) is 0.749. The normalized spacial score (nSPS) is 11.7. The number of furan rings is 1. The highest BCUT2D eigenvalue weighted by Crippen LogP contribution is 2.23. The summed E-state index contributed by atoms with van der Waals surface area (Å²) in [6, 6.07) is 13.4. The molecule has 0 saturated carbocycles. The molecule has 0 radical (unpaired) electrons. The zero-order chi connectivity index (χ0) is 16.7. The Labute approximate surface area is 138 Å². The predicted molar refractivity (Wildman–Crippen MR) is 93.2 cm³/mol. The van der Waals surface area contributed by atoms with Gasteiger partial charge in [-0.15, -0.1) is 0 Å². The fraction of sp³-hybridized carbons (Fsp3) is 0.421. The Hall–Kier alpha value is -2.07. The van der Waals surface area contributed by atoms with Gasteiger partial charge in [0.15, 0.2) is 0 Å². The number of nitrogens with one attached hydrogen (secondary N) is 1. The number of rotatable bonds is 8. The molecule has 2 rings (SSSR count). The molecule has 2 aromatic rings. The van der Waals surface area contributed by atoms with Crippen molar-refractivity contribution < 1.29 is 9.21 Å². The SMILES string of the molecule is CCCC(C)(C)N(CC(=O)Nc1ccccc1)Cc1ccco1. The van der Waals surface area contributed by atoms with Crippen molar-refractivity contribution in [3.05, 3.63) is 54.5 Å². The maximum Gasteiger partial charge on any atom is 0.238 e. The van der Waals surface area contributed by atoms with Gasteiger partial charge in [-0.25, -0.2) is 0 Å². The lowest BCUT2D eigenvalue weighted by Crippen LogP contribution is -2.47. The molecule has 0 saturated heterocycles. The highest BCUT2D eigenvalue weighted by atomic mass is 16.3. The van der Waals surface area contributed by atoms with Gasteiger partial charge in [-0.05, 0) is 44.5 Å². The molecule has 0 aliphatic heterocycles. The molecule has 0 spiro atoms. The van der Waals surface area contributed by atoms with Gasteiger partial charge in [0.1, 0.15) is 5.76 Å². The first-order chi connectivity index (χ1) is 11.0. The average Bonchev–Trinajstić information content (AvgIpc) is 3.00. The minimum Gasteiger partial charge on any atom is -0.468 e. The number of anilines is 1. The quantitative estimate of drug-likeness (QED) is 0.790. The Bertz CT molecular complexity index is 591. The van der Waals surface area contributed by atoms with Gasteiger partial charge >= 0.3 is 0 Å². The predicted octanol–water partition coefficient (Wildman–Crippen LogP) is 4.30. The topological polar surface area (TPSA) is 45.5 Å². The minimum atomic E-state index is -0.0738. The average molecular weight is 314 g/mol. The summed E-state index contributed by atoms with van der Waals surface area (Å²) in [7, 11) is 0. The van der Waals surface area contributed by atoms with Crippen molar-refractivity contribution in [3.8, 4) is 0 Å². The molecule has 1 aromatic carbocycles. The second-order valence-corrected chi connectivity index (χ2v) is 6.41. The summed E-state index contributed by atoms with van der Waals surface area (Å²) in [6.07, 6.45) is 3.76. The van der Waals surface area contributed by atoms with E-state index < -0.39 is 0 Å². The first kappa shape index (κ1) is 17.3. The highest BCUT2D eigenvalue weighted by Gasteiger charge is 2.28. The monoisotopic (exact) mass is 314 g/mol. The van der Waals surface area contributed by atoms with Crippen LogP contribution in [0.5, 0.6) is 0 Å². The van der Waals surface area contributed by atoms with Gasteiger partial charge in [0.05, 0.1) is 19.4 Å². The largest absolute Gasteiger partial charge is 0.468 e. The molecule has 0 fully saturated rings. The van der Waals surface area contributed by atoms with Crippen LogP contribution in [0.1, 0.15) is 39.4 Å². The van der Waals surface area contributed by atoms with Crippen molar-refractivity contribution in [3.63, 3.8) is 0 Å². The minimum absolute atomic E-state index is 0.00747. The first-order valence-electron chi connectivity index (χ1n) is 8.13. The molecular formula is C19H26N2O2. The van der Waals surface area contributed by atoms with Gasteiger partial charge in [-0.1, -0.05) is 31.5 Å². The molecule has 1 aromatic heterocycles. The summed E-state index contributed by atoms with van der Waals surface area (Å²) < 4.78 is 5.46. The second-order valence-electron chi connectivity index (χ2n) is 6.41. The fourth-order valence-electron chi connectivity index (χ4n) is 2.74. The Kier molecular flexibility index (Phi) is 5.99. The molecule has 23 heavy (non-hydrogen) atoms. The van der Waals surface area contributed by atoms with E-state index in [-0.39, 0.29) is 11.4 Å². The highest BCUT2D eigenvalue weighted by molar-refractivity contribution is 5.92. The summed E-state index contributed by atoms with van der Waals surface area (Å²) in [4.78, 5) is 14.6. The van der Waals surface area contributed by atoms with Crippen LogP contribution in [0, 0.1) is 0 Å². The smallest absolute Gasteiger partial charge is 0.238 e. The van der Waals surface area contributed by atoms with E-state index in [1.807, 2.05) is 42.5 Å². The van der Waals surface area contributed by atoms with E-state index in [2.05, 4.69) is 31.0 Å². The third kappa shape index (κ3) is 5.25. The maximum absolute atomic E-state index is 12.4. The van der Waals surface area contributed by atoms with Crippen LogP contribution >= 0.6 is 0 Å². The van der Waals surface area contributed by atoms with Gasteiger partial charge in [-0.2, -0.15) is 0 Å². The molecule has 0 aliphatic carbocycles. The van der Waals surface area contributed by atoms with Gasteiger partial charge < -0.3 is 9.73 Å². The summed E-state index contributed by atoms with van der Waals surface area (Å²) in [5, 5.41) is 2.95. The van der Waals surface area contributed by atoms with Crippen molar-refractivity contribution in [2.24, 2.45) is 0 Å². The van der Waals surface area contributed by atoms with Crippen LogP contribution in [-0.4, -0.2) is 22.9 Å². The zero-order valence-electron chi connectivity index (χ0n) is 14.2. The second kappa shape index (κ2) is 7.97. The van der Waals surface area contributed by atoms with Crippen LogP contribution in [0.15, 0.2) is 53.1 Å². The molecule has 1 N–H and O–H groups in total. The third-order valence-electron chi connectivity index (χ3n) is 4.04. The van der Waals surface area contributed by atoms with E-state index in [4.69, 9.17) is 4.42 Å². The summed E-state index contributed by atoms with van der Waals surface area (Å²) >= 11 is 0. The third-order valence-corrected chi connectivity index (χ3v) is 4.04. The fourth-order valence-corrected chi connectivity index (χ4v) is 2.74. The lowest BCUT2D eigenvalue weighted by molar-refractivity contribution is -0.119. The number of carbonyl (C=O) groups excluding carboxylic acids is 1. The molecule has 0 unspecified atom stereocenters. The number of para-hydroxylation sites is 1. The Morgan fingerprint density at radius 1 is 1.17 bits per heavy atom. The van der Waals surface area contributed by atoms with Crippen LogP contribution in [-0.2, 0) is 11.3 Å². The summed E-state index contributed by atoms with van der Waals surface area (Å²) in [6.45, 7) is 7.48. The number of hydrogen-bond acceptors (Lipinski definition) is 3. The molecular weight excluding hydrogens is 288 g/mol. The van der Waals surface area contributed by atoms with Crippen LogP contribution in [0.3, 0.4) is 0 Å². The molecule has 4 nitrogen and oxygen atoms in total. The Balaban J connectivity index is 2.05. The van der Waals surface area contributed by atoms with E-state index in [1.165, 1.54) is 0 Å². The van der Waals surface area contributed by atoms with Crippen LogP contribution in [0.25, 0.3) is 0 Å². The zero-order valence-corrected chi connectivity index (χ0v) is 14.2. The van der Waals surface area contributed by atoms with Gasteiger partial charge in [-0.3, -0.25) is 9.69 Å². The maximum atomic E-state index is 12.4. The molecule has 4 heteroatoms. The number of nitrogens with zero attached hydrogens (tertiary/aromatic N) is 1. The van der Waals surface area contributed by atoms with E-state index in [0.29, 0.717) is 13.1 Å². The van der Waals surface area contributed by atoms with Crippen molar-refractivity contribution in [2.45, 2.75) is 45.7 Å². The van der Waals surface area contributed by atoms with Crippen molar-refractivity contribution in [1.29, 1.82) is 0 Å². The number of benzene rings is 1. The number of hydrogen-bond donors (Lipinski definition) is 1. The molecule has 124 valence electrons. The molecule has 0 aliphatic rings. The van der Waals surface area contributed by atoms with E-state index >= 15 is 0 Å². The van der Waals surface area contributed by atoms with E-state index in [0.717, 1.165) is 24.3 Å². The standard InChI is InChI=1S/C19H26N2O2/c1-4-12-19(2,3)21(14-17-11-8-13-23-17)15-18(22)20-16-9-6-5-7-10-16/h5-11,13H,4,12,14-15H2,1-3H3,(H,20,22). The van der Waals surface area contributed by atoms with Crippen molar-refractivity contribution >= 4 is 11.6 Å². The molecule has 0 atom stereocenters. The Morgan fingerprint density at radius 3 is 2.52 bits per heavy atom. The first-order valence-corrected chi connectivity index (χ1v) is 8.13. The van der Waals surface area contributed by atoms with E-state index in [9.17, 15) is 4.79 Å². The molecule has 0 bridgehead atoms. The Morgan fingerprint density at radius 2 is 1.91 bits per heavy atom. The van der Waals surface area contributed by atoms with Gasteiger partial charge in [0, 0.05) is 11.2 Å². The van der Waals surface area contributed by atoms with Gasteiger partial charge in [0.25, 0.3) is 0 Å². The lowest BCUT2D eigenvalue weighted by atomic mass is 9.96. The van der Waals surface area contributed by atoms with Crippen LogP contribution in [0.2, 0.25) is 0 Å². The molecule has 1 heterocycles. The van der Waals surface area contributed by atoms with E-state index in [1.54, 1.807) is 6.26 Å². The number of carbonyl (C=O) groups is 1. The van der Waals surface area contributed by atoms with Crippen molar-refractivity contribution in [2.75, 3.05) is 11.9 Å². The van der Waals surface area contributed by atoms with Crippen LogP contribution in [0.4, 0.5) is 5.69 Å². The van der Waals surface area contributed by atoms with Crippen LogP contribution < -0.4 is 5.32 Å². The van der Waals surface area contributed by atoms with Gasteiger partial charge in [0.2, 0.25) is 5.91 Å².